The van der Waals surface area contributed by atoms with Gasteiger partial charge in [0, 0.05) is 31.8 Å². The Hall–Kier alpha value is -5.18. The number of hydrogen-bond acceptors (Lipinski definition) is 8. The van der Waals surface area contributed by atoms with E-state index in [9.17, 15) is 37.7 Å². The number of morpholine rings is 1. The minimum atomic E-state index is -5.36. The van der Waals surface area contributed by atoms with Crippen molar-refractivity contribution in [2.45, 2.75) is 6.18 Å². The molecule has 43 heavy (non-hydrogen) atoms. The third kappa shape index (κ3) is 6.83. The number of nitro groups is 1. The number of nitrogens with one attached hydrogen (secondary N) is 2. The molecule has 3 aromatic rings. The lowest BCUT2D eigenvalue weighted by molar-refractivity contribution is -0.384. The molecule has 0 aliphatic carbocycles. The zero-order valence-corrected chi connectivity index (χ0v) is 22.9. The van der Waals surface area contributed by atoms with Crippen molar-refractivity contribution in [1.29, 1.82) is 0 Å². The van der Waals surface area contributed by atoms with Gasteiger partial charge in [0.25, 0.3) is 17.5 Å². The van der Waals surface area contributed by atoms with E-state index in [1.54, 1.807) is 7.05 Å². The molecule has 4 rings (SSSR count). The van der Waals surface area contributed by atoms with E-state index in [2.05, 4.69) is 10.2 Å². The first kappa shape index (κ1) is 30.8. The van der Waals surface area contributed by atoms with Crippen LogP contribution in [-0.4, -0.2) is 69.3 Å². The van der Waals surface area contributed by atoms with E-state index in [-0.39, 0.29) is 17.0 Å². The Labute approximate surface area is 243 Å². The molecular weight excluding hydrogens is 575 g/mol. The number of rotatable bonds is 8. The molecule has 0 saturated carbocycles. The summed E-state index contributed by atoms with van der Waals surface area (Å²) in [7, 11) is 2.89. The van der Waals surface area contributed by atoms with Crippen LogP contribution in [0.25, 0.3) is 0 Å². The zero-order valence-electron chi connectivity index (χ0n) is 22.9. The van der Waals surface area contributed by atoms with Gasteiger partial charge in [0.1, 0.15) is 11.4 Å². The molecule has 226 valence electrons. The van der Waals surface area contributed by atoms with Crippen molar-refractivity contribution in [3.63, 3.8) is 0 Å². The van der Waals surface area contributed by atoms with Gasteiger partial charge < -0.3 is 29.9 Å². The average Bonchev–Trinajstić information content (AvgIpc) is 3.00. The average molecular weight is 602 g/mol. The fraction of sp³-hybridized carbons (Fsp3) is 0.250. The van der Waals surface area contributed by atoms with E-state index in [1.165, 1.54) is 35.5 Å². The molecule has 0 radical (unpaired) electrons. The lowest BCUT2D eigenvalue weighted by Gasteiger charge is -2.32. The largest absolute Gasteiger partial charge is 0.495 e. The van der Waals surface area contributed by atoms with Crippen molar-refractivity contribution in [2.24, 2.45) is 0 Å². The number of nitrogens with zero attached hydrogens (tertiary/aromatic N) is 3. The van der Waals surface area contributed by atoms with Crippen LogP contribution in [0, 0.1) is 10.1 Å². The number of carbonyl (C=O) groups is 3. The summed E-state index contributed by atoms with van der Waals surface area (Å²) in [4.78, 5) is 52.1. The molecule has 0 unspecified atom stereocenters. The zero-order chi connectivity index (χ0) is 31.3. The van der Waals surface area contributed by atoms with E-state index in [0.717, 1.165) is 23.9 Å². The van der Waals surface area contributed by atoms with Gasteiger partial charge in [-0.1, -0.05) is 18.2 Å². The summed E-state index contributed by atoms with van der Waals surface area (Å²) in [5.74, 6) is -3.93. The topological polar surface area (TPSA) is 143 Å². The quantitative estimate of drug-likeness (QED) is 0.285. The highest BCUT2D eigenvalue weighted by atomic mass is 19.4. The lowest BCUT2D eigenvalue weighted by Crippen LogP contribution is -2.38. The number of hydrogen-bond donors (Lipinski definition) is 2. The van der Waals surface area contributed by atoms with Crippen LogP contribution in [-0.2, 0) is 9.53 Å². The highest BCUT2D eigenvalue weighted by molar-refractivity contribution is 6.13. The van der Waals surface area contributed by atoms with Gasteiger partial charge in [-0.2, -0.15) is 13.2 Å². The number of methoxy groups -OCH3 is 1. The first-order valence-electron chi connectivity index (χ1n) is 12.8. The lowest BCUT2D eigenvalue weighted by atomic mass is 10.1. The second-order valence-corrected chi connectivity index (χ2v) is 9.23. The van der Waals surface area contributed by atoms with Gasteiger partial charge in [-0.25, -0.2) is 0 Å². The summed E-state index contributed by atoms with van der Waals surface area (Å²) in [6.07, 6.45) is -5.36. The van der Waals surface area contributed by atoms with Gasteiger partial charge in [0.2, 0.25) is 0 Å². The molecule has 1 heterocycles. The van der Waals surface area contributed by atoms with Crippen LogP contribution in [0.1, 0.15) is 20.7 Å². The second-order valence-electron chi connectivity index (χ2n) is 9.23. The molecule has 1 aliphatic heterocycles. The smallest absolute Gasteiger partial charge is 0.471 e. The first-order valence-corrected chi connectivity index (χ1v) is 12.8. The second kappa shape index (κ2) is 12.8. The van der Waals surface area contributed by atoms with Crippen molar-refractivity contribution >= 4 is 46.2 Å². The minimum absolute atomic E-state index is 0.0139. The summed E-state index contributed by atoms with van der Waals surface area (Å²) in [5.41, 5.74) is -0.735. The van der Waals surface area contributed by atoms with E-state index < -0.39 is 45.8 Å². The molecule has 1 fully saturated rings. The van der Waals surface area contributed by atoms with Crippen molar-refractivity contribution in [3.8, 4) is 5.75 Å². The number of benzene rings is 3. The molecule has 0 atom stereocenters. The van der Waals surface area contributed by atoms with Crippen LogP contribution in [0.5, 0.6) is 5.75 Å². The van der Waals surface area contributed by atoms with Crippen molar-refractivity contribution < 1.29 is 42.0 Å². The molecular formula is C28H26F3N5O7. The van der Waals surface area contributed by atoms with Crippen LogP contribution in [0.4, 0.5) is 41.6 Å². The minimum Gasteiger partial charge on any atom is -0.495 e. The maximum Gasteiger partial charge on any atom is 0.471 e. The highest BCUT2D eigenvalue weighted by Gasteiger charge is 2.40. The predicted molar refractivity (Wildman–Crippen MR) is 151 cm³/mol. The summed E-state index contributed by atoms with van der Waals surface area (Å²) in [6, 6.07) is 14.5. The van der Waals surface area contributed by atoms with Crippen LogP contribution >= 0.6 is 0 Å². The van der Waals surface area contributed by atoms with E-state index >= 15 is 0 Å². The molecule has 3 amide bonds. The normalized spacial score (nSPS) is 13.2. The summed E-state index contributed by atoms with van der Waals surface area (Å²) in [6.45, 7) is 2.44. The third-order valence-electron chi connectivity index (χ3n) is 6.58. The van der Waals surface area contributed by atoms with Gasteiger partial charge in [0.15, 0.2) is 0 Å². The Morgan fingerprint density at radius 3 is 2.37 bits per heavy atom. The Morgan fingerprint density at radius 1 is 1.02 bits per heavy atom. The predicted octanol–water partition coefficient (Wildman–Crippen LogP) is 4.47. The fourth-order valence-corrected chi connectivity index (χ4v) is 4.44. The summed E-state index contributed by atoms with van der Waals surface area (Å²) < 4.78 is 49.4. The number of ether oxygens (including phenoxy) is 2. The number of para-hydroxylation sites is 3. The molecule has 15 heteroatoms. The number of anilines is 4. The Balaban J connectivity index is 1.60. The Bertz CT molecular complexity index is 1560. The van der Waals surface area contributed by atoms with Crippen LogP contribution in [0.2, 0.25) is 0 Å². The molecule has 1 aliphatic rings. The summed E-state index contributed by atoms with van der Waals surface area (Å²) >= 11 is 0. The van der Waals surface area contributed by atoms with Crippen molar-refractivity contribution in [2.75, 3.05) is 60.9 Å². The van der Waals surface area contributed by atoms with Crippen molar-refractivity contribution in [1.82, 2.24) is 0 Å². The van der Waals surface area contributed by atoms with Crippen LogP contribution in [0.15, 0.2) is 60.7 Å². The number of carbonyl (C=O) groups excluding carboxylic acids is 3. The molecule has 2 N–H and O–H groups in total. The SMILES string of the molecule is COc1cc(C(=O)N(C)c2ccccc2N2CCOCC2)ccc1NC(=O)c1cccc([N+](=O)[O-])c1NC(=O)C(F)(F)F. The molecule has 3 aromatic carbocycles. The maximum atomic E-state index is 13.5. The van der Waals surface area contributed by atoms with Gasteiger partial charge in [-0.3, -0.25) is 24.5 Å². The van der Waals surface area contributed by atoms with Gasteiger partial charge in [-0.15, -0.1) is 0 Å². The molecule has 0 bridgehead atoms. The van der Waals surface area contributed by atoms with E-state index in [4.69, 9.17) is 9.47 Å². The standard InChI is InChI=1S/C28H26F3N5O7/c1-34(20-7-3-4-8-21(20)35-12-14-43-15-13-35)26(38)17-10-11-19(23(16-17)42-2)32-25(37)18-6-5-9-22(36(40)41)24(18)33-27(39)28(29,30)31/h3-11,16H,12-15H2,1-2H3,(H,32,37)(H,33,39). The molecule has 0 aromatic heterocycles. The van der Waals surface area contributed by atoms with Gasteiger partial charge in [-0.05, 0) is 36.4 Å². The molecule has 1 saturated heterocycles. The first-order chi connectivity index (χ1) is 20.4. The molecule has 12 nitrogen and oxygen atoms in total. The number of halogens is 3. The fourth-order valence-electron chi connectivity index (χ4n) is 4.44. The van der Waals surface area contributed by atoms with Gasteiger partial charge in [0.05, 0.1) is 47.9 Å². The monoisotopic (exact) mass is 601 g/mol. The number of alkyl halides is 3. The van der Waals surface area contributed by atoms with Gasteiger partial charge >= 0.3 is 12.1 Å². The van der Waals surface area contributed by atoms with E-state index in [0.29, 0.717) is 32.0 Å². The number of nitro benzene ring substituents is 1. The Kier molecular flexibility index (Phi) is 9.14. The third-order valence-corrected chi connectivity index (χ3v) is 6.58. The van der Waals surface area contributed by atoms with Crippen molar-refractivity contribution in [3.05, 3.63) is 81.9 Å². The highest BCUT2D eigenvalue weighted by Crippen LogP contribution is 2.34. The maximum absolute atomic E-state index is 13.5. The number of amides is 3. The van der Waals surface area contributed by atoms with E-state index in [1.807, 2.05) is 24.3 Å². The molecule has 0 spiro atoms. The van der Waals surface area contributed by atoms with Crippen LogP contribution < -0.4 is 25.2 Å². The summed E-state index contributed by atoms with van der Waals surface area (Å²) in [5, 5.41) is 15.3. The Morgan fingerprint density at radius 2 is 1.72 bits per heavy atom. The van der Waals surface area contributed by atoms with Crippen LogP contribution in [0.3, 0.4) is 0 Å².